The summed E-state index contributed by atoms with van der Waals surface area (Å²) in [6.07, 6.45) is 0. The second-order valence-electron chi connectivity index (χ2n) is 4.37. The molecule has 0 spiro atoms. The van der Waals surface area contributed by atoms with Gasteiger partial charge in [-0.05, 0) is 24.6 Å². The first-order valence-corrected chi connectivity index (χ1v) is 6.40. The van der Waals surface area contributed by atoms with Crippen molar-refractivity contribution < 1.29 is 9.18 Å². The van der Waals surface area contributed by atoms with Gasteiger partial charge in [-0.1, -0.05) is 23.2 Å². The van der Waals surface area contributed by atoms with E-state index in [2.05, 4.69) is 10.6 Å². The van der Waals surface area contributed by atoms with E-state index in [1.165, 1.54) is 12.1 Å². The first-order valence-electron chi connectivity index (χ1n) is 5.64. The van der Waals surface area contributed by atoms with E-state index in [4.69, 9.17) is 23.2 Å². The maximum Gasteiger partial charge on any atom is 0.226 e. The zero-order valence-electron chi connectivity index (χ0n) is 10.2. The average molecular weight is 328 g/mol. The van der Waals surface area contributed by atoms with Crippen LogP contribution in [0.15, 0.2) is 12.1 Å². The van der Waals surface area contributed by atoms with Gasteiger partial charge in [-0.3, -0.25) is 4.79 Å². The highest BCUT2D eigenvalue weighted by Crippen LogP contribution is 2.28. The number of amides is 1. The van der Waals surface area contributed by atoms with Crippen LogP contribution in [0.2, 0.25) is 10.0 Å². The van der Waals surface area contributed by atoms with E-state index in [1.54, 1.807) is 6.92 Å². The van der Waals surface area contributed by atoms with Crippen molar-refractivity contribution in [3.8, 4) is 0 Å². The molecular weight excluding hydrogens is 314 g/mol. The molecule has 1 aliphatic rings. The van der Waals surface area contributed by atoms with E-state index in [-0.39, 0.29) is 35.3 Å². The fourth-order valence-electron chi connectivity index (χ4n) is 1.75. The molecule has 2 rings (SSSR count). The summed E-state index contributed by atoms with van der Waals surface area (Å²) in [5, 5.41) is 6.16. The number of halogens is 4. The third-order valence-electron chi connectivity index (χ3n) is 3.02. The monoisotopic (exact) mass is 326 g/mol. The number of carbonyl (C=O) groups is 1. The zero-order chi connectivity index (χ0) is 13.3. The van der Waals surface area contributed by atoms with E-state index in [1.807, 2.05) is 0 Å². The minimum absolute atomic E-state index is 0. The Balaban J connectivity index is 0.00000180. The molecule has 0 bridgehead atoms. The summed E-state index contributed by atoms with van der Waals surface area (Å²) in [4.78, 5) is 11.8. The second-order valence-corrected chi connectivity index (χ2v) is 5.19. The molecule has 19 heavy (non-hydrogen) atoms. The average Bonchev–Trinajstić information content (AvgIpc) is 2.20. The molecule has 3 nitrogen and oxygen atoms in total. The number of carbonyl (C=O) groups excluding carboxylic acids is 1. The molecule has 0 aromatic heterocycles. The lowest BCUT2D eigenvalue weighted by Crippen LogP contribution is -2.51. The molecule has 1 heterocycles. The molecule has 1 amide bonds. The maximum absolute atomic E-state index is 13.4. The lowest BCUT2D eigenvalue weighted by Gasteiger charge is -2.27. The normalized spacial score (nSPS) is 16.2. The van der Waals surface area contributed by atoms with E-state index < -0.39 is 5.82 Å². The molecule has 2 N–H and O–H groups in total. The van der Waals surface area contributed by atoms with Crippen molar-refractivity contribution in [2.24, 2.45) is 5.92 Å². The molecule has 1 fully saturated rings. The molecule has 1 aromatic carbocycles. The lowest BCUT2D eigenvalue weighted by molar-refractivity contribution is -0.127. The van der Waals surface area contributed by atoms with Crippen LogP contribution in [-0.4, -0.2) is 19.0 Å². The van der Waals surface area contributed by atoms with Crippen LogP contribution in [-0.2, 0) is 4.79 Å². The van der Waals surface area contributed by atoms with Crippen molar-refractivity contribution in [3.05, 3.63) is 33.6 Å². The Kier molecular flexibility index (Phi) is 5.86. The first kappa shape index (κ1) is 16.5. The van der Waals surface area contributed by atoms with Gasteiger partial charge in [0.1, 0.15) is 5.82 Å². The van der Waals surface area contributed by atoms with Crippen molar-refractivity contribution in [1.82, 2.24) is 10.6 Å². The van der Waals surface area contributed by atoms with E-state index in [0.717, 1.165) is 0 Å². The predicted octanol–water partition coefficient (Wildman–Crippen LogP) is 2.95. The standard InChI is InChI=1S/C12H13Cl2FN2O.ClH/c1-6(17-12(18)7-4-16-5-7)8-2-11(15)10(14)3-9(8)13;/h2-3,6-7,16H,4-5H2,1H3,(H,17,18);1H. The highest BCUT2D eigenvalue weighted by atomic mass is 35.5. The summed E-state index contributed by atoms with van der Waals surface area (Å²) in [5.41, 5.74) is 0.527. The van der Waals surface area contributed by atoms with Crippen LogP contribution in [0.25, 0.3) is 0 Å². The largest absolute Gasteiger partial charge is 0.349 e. The molecule has 1 aliphatic heterocycles. The Bertz CT molecular complexity index is 480. The van der Waals surface area contributed by atoms with Gasteiger partial charge in [0.2, 0.25) is 5.91 Å². The lowest BCUT2D eigenvalue weighted by atomic mass is 10.0. The van der Waals surface area contributed by atoms with Gasteiger partial charge in [0.25, 0.3) is 0 Å². The Morgan fingerprint density at radius 3 is 2.58 bits per heavy atom. The molecule has 1 saturated heterocycles. The summed E-state index contributed by atoms with van der Waals surface area (Å²) in [6.45, 7) is 3.13. The van der Waals surface area contributed by atoms with Gasteiger partial charge in [-0.25, -0.2) is 4.39 Å². The quantitative estimate of drug-likeness (QED) is 0.838. The van der Waals surface area contributed by atoms with Crippen LogP contribution in [0.1, 0.15) is 18.5 Å². The fourth-order valence-corrected chi connectivity index (χ4v) is 2.30. The zero-order valence-corrected chi connectivity index (χ0v) is 12.5. The minimum atomic E-state index is -0.539. The SMILES string of the molecule is CC(NC(=O)C1CNC1)c1cc(F)c(Cl)cc1Cl.Cl. The topological polar surface area (TPSA) is 41.1 Å². The Labute approximate surface area is 127 Å². The van der Waals surface area contributed by atoms with Crippen molar-refractivity contribution in [3.63, 3.8) is 0 Å². The predicted molar refractivity (Wildman–Crippen MR) is 76.6 cm³/mol. The van der Waals surface area contributed by atoms with Gasteiger partial charge in [0.15, 0.2) is 0 Å². The smallest absolute Gasteiger partial charge is 0.226 e. The molecule has 1 aromatic rings. The number of benzene rings is 1. The third kappa shape index (κ3) is 3.72. The molecule has 0 radical (unpaired) electrons. The number of rotatable bonds is 3. The van der Waals surface area contributed by atoms with Gasteiger partial charge in [-0.2, -0.15) is 0 Å². The van der Waals surface area contributed by atoms with Gasteiger partial charge in [0, 0.05) is 18.1 Å². The Morgan fingerprint density at radius 2 is 2.05 bits per heavy atom. The van der Waals surface area contributed by atoms with Crippen molar-refractivity contribution >= 4 is 41.5 Å². The maximum atomic E-state index is 13.4. The van der Waals surface area contributed by atoms with Gasteiger partial charge in [0.05, 0.1) is 17.0 Å². The fraction of sp³-hybridized carbons (Fsp3) is 0.417. The van der Waals surface area contributed by atoms with Crippen molar-refractivity contribution in [1.29, 1.82) is 0 Å². The molecule has 106 valence electrons. The van der Waals surface area contributed by atoms with Crippen LogP contribution in [0.3, 0.4) is 0 Å². The number of hydrogen-bond donors (Lipinski definition) is 2. The number of nitrogens with one attached hydrogen (secondary N) is 2. The summed E-state index contributed by atoms with van der Waals surface area (Å²) < 4.78 is 13.4. The highest BCUT2D eigenvalue weighted by Gasteiger charge is 2.26. The van der Waals surface area contributed by atoms with Gasteiger partial charge >= 0.3 is 0 Å². The first-order chi connectivity index (χ1) is 8.49. The summed E-state index contributed by atoms with van der Waals surface area (Å²) in [7, 11) is 0. The van der Waals surface area contributed by atoms with Gasteiger partial charge < -0.3 is 10.6 Å². The molecule has 1 atom stereocenters. The minimum Gasteiger partial charge on any atom is -0.349 e. The third-order valence-corrected chi connectivity index (χ3v) is 3.63. The van der Waals surface area contributed by atoms with Gasteiger partial charge in [-0.15, -0.1) is 12.4 Å². The van der Waals surface area contributed by atoms with E-state index in [9.17, 15) is 9.18 Å². The molecule has 0 saturated carbocycles. The van der Waals surface area contributed by atoms with Crippen LogP contribution in [0.5, 0.6) is 0 Å². The summed E-state index contributed by atoms with van der Waals surface area (Å²) >= 11 is 11.6. The van der Waals surface area contributed by atoms with Crippen LogP contribution < -0.4 is 10.6 Å². The highest BCUT2D eigenvalue weighted by molar-refractivity contribution is 6.35. The second kappa shape index (κ2) is 6.75. The molecule has 7 heteroatoms. The van der Waals surface area contributed by atoms with Crippen LogP contribution >= 0.6 is 35.6 Å². The van der Waals surface area contributed by atoms with E-state index in [0.29, 0.717) is 23.7 Å². The van der Waals surface area contributed by atoms with Crippen molar-refractivity contribution in [2.45, 2.75) is 13.0 Å². The summed E-state index contributed by atoms with van der Waals surface area (Å²) in [6, 6.07) is 2.26. The molecule has 0 aliphatic carbocycles. The van der Waals surface area contributed by atoms with Crippen LogP contribution in [0.4, 0.5) is 4.39 Å². The Morgan fingerprint density at radius 1 is 1.42 bits per heavy atom. The van der Waals surface area contributed by atoms with Crippen molar-refractivity contribution in [2.75, 3.05) is 13.1 Å². The Hall–Kier alpha value is -0.550. The number of hydrogen-bond acceptors (Lipinski definition) is 2. The van der Waals surface area contributed by atoms with Crippen LogP contribution in [0, 0.1) is 11.7 Å². The molecule has 1 unspecified atom stereocenters. The summed E-state index contributed by atoms with van der Waals surface area (Å²) in [5.74, 6) is -0.599. The molecular formula is C12H14Cl3FN2O. The van der Waals surface area contributed by atoms with E-state index >= 15 is 0 Å².